The predicted octanol–water partition coefficient (Wildman–Crippen LogP) is 0.500. The Morgan fingerprint density at radius 3 is 2.57 bits per heavy atom. The Kier molecular flexibility index (Phi) is 4.48. The van der Waals surface area contributed by atoms with E-state index in [1.54, 1.807) is 0 Å². The molecule has 0 unspecified atom stereocenters. The molecule has 3 rings (SSSR count). The lowest BCUT2D eigenvalue weighted by Crippen LogP contribution is -2.45. The first-order chi connectivity index (χ1) is 10.3. The van der Waals surface area contributed by atoms with E-state index in [-0.39, 0.29) is 6.79 Å². The van der Waals surface area contributed by atoms with Crippen LogP contribution < -0.4 is 19.9 Å². The number of hydrogen-bond donors (Lipinski definition) is 1. The molecule has 0 bridgehead atoms. The summed E-state index contributed by atoms with van der Waals surface area (Å²) in [6, 6.07) is 3.79. The maximum atomic E-state index is 5.91. The molecule has 0 spiro atoms. The number of fused-ring (bicyclic) bond motifs is 1. The van der Waals surface area contributed by atoms with E-state index in [1.807, 2.05) is 12.1 Å². The first kappa shape index (κ1) is 14.4. The number of ether oxygens (including phenoxy) is 3. The summed E-state index contributed by atoms with van der Waals surface area (Å²) in [6.45, 7) is 6.75. The van der Waals surface area contributed by atoms with Crippen LogP contribution in [-0.4, -0.2) is 63.0 Å². The van der Waals surface area contributed by atoms with Crippen LogP contribution in [-0.2, 0) is 6.54 Å². The van der Waals surface area contributed by atoms with Crippen LogP contribution in [0.4, 0.5) is 0 Å². The minimum absolute atomic E-state index is 0.268. The SMILES string of the molecule is CN1CCN(CCOc2cc3c(cc2CN)OCO3)CC1. The van der Waals surface area contributed by atoms with Crippen LogP contribution in [0.25, 0.3) is 0 Å². The maximum absolute atomic E-state index is 5.91. The summed E-state index contributed by atoms with van der Waals surface area (Å²) in [5, 5.41) is 0. The predicted molar refractivity (Wildman–Crippen MR) is 79.9 cm³/mol. The molecule has 0 radical (unpaired) electrons. The zero-order valence-corrected chi connectivity index (χ0v) is 12.5. The van der Waals surface area contributed by atoms with Gasteiger partial charge in [-0.25, -0.2) is 0 Å². The first-order valence-electron chi connectivity index (χ1n) is 7.42. The van der Waals surface area contributed by atoms with E-state index in [4.69, 9.17) is 19.9 Å². The quantitative estimate of drug-likeness (QED) is 0.853. The van der Waals surface area contributed by atoms with Crippen molar-refractivity contribution in [1.29, 1.82) is 0 Å². The molecule has 1 saturated heterocycles. The van der Waals surface area contributed by atoms with Crippen molar-refractivity contribution >= 4 is 0 Å². The average molecular weight is 293 g/mol. The molecule has 21 heavy (non-hydrogen) atoms. The monoisotopic (exact) mass is 293 g/mol. The number of piperazine rings is 1. The molecule has 2 heterocycles. The minimum Gasteiger partial charge on any atom is -0.492 e. The van der Waals surface area contributed by atoms with Crippen LogP contribution in [0, 0.1) is 0 Å². The zero-order valence-electron chi connectivity index (χ0n) is 12.5. The lowest BCUT2D eigenvalue weighted by Gasteiger charge is -2.32. The van der Waals surface area contributed by atoms with Gasteiger partial charge in [0.05, 0.1) is 0 Å². The van der Waals surface area contributed by atoms with Crippen molar-refractivity contribution in [3.63, 3.8) is 0 Å². The second kappa shape index (κ2) is 6.51. The molecule has 2 N–H and O–H groups in total. The second-order valence-corrected chi connectivity index (χ2v) is 5.51. The number of rotatable bonds is 5. The van der Waals surface area contributed by atoms with Gasteiger partial charge in [-0.3, -0.25) is 4.90 Å². The van der Waals surface area contributed by atoms with Gasteiger partial charge in [0, 0.05) is 50.9 Å². The van der Waals surface area contributed by atoms with Gasteiger partial charge in [0.1, 0.15) is 12.4 Å². The molecule has 0 saturated carbocycles. The Balaban J connectivity index is 1.55. The second-order valence-electron chi connectivity index (χ2n) is 5.51. The molecule has 1 aromatic carbocycles. The number of likely N-dealkylation sites (N-methyl/N-ethyl adjacent to an activating group) is 1. The van der Waals surface area contributed by atoms with Gasteiger partial charge in [-0.15, -0.1) is 0 Å². The van der Waals surface area contributed by atoms with Gasteiger partial charge in [0.15, 0.2) is 11.5 Å². The summed E-state index contributed by atoms with van der Waals surface area (Å²) in [6.07, 6.45) is 0. The lowest BCUT2D eigenvalue weighted by atomic mass is 10.2. The van der Waals surface area contributed by atoms with Crippen LogP contribution in [0.3, 0.4) is 0 Å². The third-order valence-corrected chi connectivity index (χ3v) is 4.04. The number of nitrogens with two attached hydrogens (primary N) is 1. The smallest absolute Gasteiger partial charge is 0.231 e. The fraction of sp³-hybridized carbons (Fsp3) is 0.600. The van der Waals surface area contributed by atoms with E-state index in [0.29, 0.717) is 13.2 Å². The van der Waals surface area contributed by atoms with Crippen molar-refractivity contribution in [2.75, 3.05) is 53.2 Å². The molecular formula is C15H23N3O3. The van der Waals surface area contributed by atoms with Crippen molar-refractivity contribution in [3.05, 3.63) is 17.7 Å². The van der Waals surface area contributed by atoms with Gasteiger partial charge in [-0.05, 0) is 13.1 Å². The number of hydrogen-bond acceptors (Lipinski definition) is 6. The summed E-state index contributed by atoms with van der Waals surface area (Å²) in [7, 11) is 2.16. The molecule has 0 atom stereocenters. The Morgan fingerprint density at radius 1 is 1.14 bits per heavy atom. The van der Waals surface area contributed by atoms with Crippen molar-refractivity contribution < 1.29 is 14.2 Å². The summed E-state index contributed by atoms with van der Waals surface area (Å²) in [4.78, 5) is 4.77. The third-order valence-electron chi connectivity index (χ3n) is 4.04. The number of benzene rings is 1. The Morgan fingerprint density at radius 2 is 1.86 bits per heavy atom. The molecule has 6 nitrogen and oxygen atoms in total. The molecule has 1 aromatic rings. The Hall–Kier alpha value is -1.50. The molecular weight excluding hydrogens is 270 g/mol. The molecule has 1 fully saturated rings. The van der Waals surface area contributed by atoms with E-state index in [0.717, 1.165) is 55.5 Å². The van der Waals surface area contributed by atoms with Crippen molar-refractivity contribution in [2.24, 2.45) is 5.73 Å². The summed E-state index contributed by atoms with van der Waals surface area (Å²) < 4.78 is 16.7. The highest BCUT2D eigenvalue weighted by Gasteiger charge is 2.18. The average Bonchev–Trinajstić information content (AvgIpc) is 2.95. The van der Waals surface area contributed by atoms with Crippen LogP contribution in [0.2, 0.25) is 0 Å². The molecule has 0 aliphatic carbocycles. The van der Waals surface area contributed by atoms with Crippen LogP contribution in [0.1, 0.15) is 5.56 Å². The Bertz CT molecular complexity index is 487. The van der Waals surface area contributed by atoms with E-state index in [9.17, 15) is 0 Å². The fourth-order valence-electron chi connectivity index (χ4n) is 2.62. The van der Waals surface area contributed by atoms with Crippen molar-refractivity contribution in [3.8, 4) is 17.2 Å². The topological polar surface area (TPSA) is 60.2 Å². The summed E-state index contributed by atoms with van der Waals surface area (Å²) in [5.74, 6) is 2.29. The number of nitrogens with zero attached hydrogens (tertiary/aromatic N) is 2. The molecule has 2 aliphatic rings. The molecule has 2 aliphatic heterocycles. The van der Waals surface area contributed by atoms with E-state index in [1.165, 1.54) is 0 Å². The van der Waals surface area contributed by atoms with E-state index >= 15 is 0 Å². The first-order valence-corrected chi connectivity index (χ1v) is 7.42. The third kappa shape index (κ3) is 3.40. The summed E-state index contributed by atoms with van der Waals surface area (Å²) >= 11 is 0. The zero-order chi connectivity index (χ0) is 14.7. The van der Waals surface area contributed by atoms with Gasteiger partial charge in [0.25, 0.3) is 0 Å². The largest absolute Gasteiger partial charge is 0.492 e. The van der Waals surface area contributed by atoms with E-state index in [2.05, 4.69) is 16.8 Å². The fourth-order valence-corrected chi connectivity index (χ4v) is 2.62. The molecule has 116 valence electrons. The van der Waals surface area contributed by atoms with Gasteiger partial charge >= 0.3 is 0 Å². The van der Waals surface area contributed by atoms with Crippen LogP contribution in [0.5, 0.6) is 17.2 Å². The van der Waals surface area contributed by atoms with Crippen molar-refractivity contribution in [1.82, 2.24) is 9.80 Å². The lowest BCUT2D eigenvalue weighted by molar-refractivity contribution is 0.133. The highest BCUT2D eigenvalue weighted by Crippen LogP contribution is 2.37. The highest BCUT2D eigenvalue weighted by molar-refractivity contribution is 5.51. The Labute approximate surface area is 125 Å². The van der Waals surface area contributed by atoms with Crippen LogP contribution >= 0.6 is 0 Å². The molecule has 6 heteroatoms. The van der Waals surface area contributed by atoms with E-state index < -0.39 is 0 Å². The van der Waals surface area contributed by atoms with Crippen molar-refractivity contribution in [2.45, 2.75) is 6.54 Å². The van der Waals surface area contributed by atoms with Gasteiger partial charge in [0.2, 0.25) is 6.79 Å². The summed E-state index contributed by atoms with van der Waals surface area (Å²) in [5.41, 5.74) is 6.74. The van der Waals surface area contributed by atoms with Gasteiger partial charge < -0.3 is 24.8 Å². The maximum Gasteiger partial charge on any atom is 0.231 e. The minimum atomic E-state index is 0.268. The van der Waals surface area contributed by atoms with Gasteiger partial charge in [-0.1, -0.05) is 0 Å². The highest BCUT2D eigenvalue weighted by atomic mass is 16.7. The molecule has 0 aromatic heterocycles. The van der Waals surface area contributed by atoms with Crippen LogP contribution in [0.15, 0.2) is 12.1 Å². The normalized spacial score (nSPS) is 19.0. The standard InChI is InChI=1S/C15H23N3O3/c1-17-2-4-18(5-3-17)6-7-19-13-9-15-14(20-11-21-15)8-12(13)10-16/h8-9H,2-7,10-11,16H2,1H3. The molecule has 0 amide bonds. The van der Waals surface area contributed by atoms with Gasteiger partial charge in [-0.2, -0.15) is 0 Å².